The monoisotopic (exact) mass is 179 g/mol. The topological polar surface area (TPSA) is 64.9 Å². The van der Waals surface area contributed by atoms with E-state index in [1.165, 1.54) is 11.5 Å². The minimum Gasteiger partial charge on any atom is -0.399 e. The average molecular weight is 179 g/mol. The summed E-state index contributed by atoms with van der Waals surface area (Å²) in [4.78, 5) is 0. The van der Waals surface area contributed by atoms with Gasteiger partial charge in [-0.25, -0.2) is 0 Å². The molecule has 1 aromatic carbocycles. The number of benzene rings is 1. The predicted molar refractivity (Wildman–Crippen MR) is 51.9 cm³/mol. The second-order valence-corrected chi connectivity index (χ2v) is 3.39. The normalized spacial score (nSPS) is 10.8. The Morgan fingerprint density at radius 3 is 3.00 bits per heavy atom. The number of anilines is 1. The Morgan fingerprint density at radius 2 is 2.25 bits per heavy atom. The first-order valence-corrected chi connectivity index (χ1v) is 4.42. The van der Waals surface area contributed by atoms with Crippen molar-refractivity contribution in [2.75, 3.05) is 5.73 Å². The van der Waals surface area contributed by atoms with E-state index >= 15 is 0 Å². The van der Waals surface area contributed by atoms with Gasteiger partial charge in [-0.15, -0.1) is 0 Å². The Hall–Kier alpha value is -1.13. The third-order valence-electron chi connectivity index (χ3n) is 1.76. The molecular weight excluding hydrogens is 170 g/mol. The Bertz CT molecular complexity index is 408. The largest absolute Gasteiger partial charge is 0.399 e. The molecule has 0 saturated carbocycles. The summed E-state index contributed by atoms with van der Waals surface area (Å²) < 4.78 is 5.32. The summed E-state index contributed by atoms with van der Waals surface area (Å²) in [5.41, 5.74) is 12.9. The van der Waals surface area contributed by atoms with Crippen LogP contribution in [-0.2, 0) is 6.54 Å². The number of nitrogens with zero attached hydrogens (tertiary/aromatic N) is 1. The lowest BCUT2D eigenvalue weighted by Gasteiger charge is -1.93. The summed E-state index contributed by atoms with van der Waals surface area (Å²) in [5, 5.41) is 1.12. The van der Waals surface area contributed by atoms with E-state index < -0.39 is 0 Å². The third-order valence-corrected chi connectivity index (χ3v) is 2.61. The summed E-state index contributed by atoms with van der Waals surface area (Å²) >= 11 is 1.44. The molecule has 1 aromatic heterocycles. The van der Waals surface area contributed by atoms with Crippen molar-refractivity contribution in [2.24, 2.45) is 5.73 Å². The van der Waals surface area contributed by atoms with E-state index in [2.05, 4.69) is 4.37 Å². The summed E-state index contributed by atoms with van der Waals surface area (Å²) in [5.74, 6) is 0. The molecule has 62 valence electrons. The lowest BCUT2D eigenvalue weighted by atomic mass is 10.2. The molecule has 12 heavy (non-hydrogen) atoms. The maximum atomic E-state index is 5.62. The van der Waals surface area contributed by atoms with Gasteiger partial charge in [0.1, 0.15) is 0 Å². The third kappa shape index (κ3) is 1.05. The van der Waals surface area contributed by atoms with Gasteiger partial charge in [-0.05, 0) is 29.7 Å². The summed E-state index contributed by atoms with van der Waals surface area (Å²) in [6.45, 7) is 0.490. The van der Waals surface area contributed by atoms with Gasteiger partial charge in [-0.1, -0.05) is 0 Å². The molecule has 1 heterocycles. The molecule has 2 rings (SSSR count). The first-order chi connectivity index (χ1) is 5.81. The van der Waals surface area contributed by atoms with Crippen molar-refractivity contribution >= 4 is 27.3 Å². The van der Waals surface area contributed by atoms with Crippen LogP contribution >= 0.6 is 11.5 Å². The van der Waals surface area contributed by atoms with E-state index in [4.69, 9.17) is 11.5 Å². The van der Waals surface area contributed by atoms with Gasteiger partial charge < -0.3 is 11.5 Å². The van der Waals surface area contributed by atoms with Crippen molar-refractivity contribution in [3.05, 3.63) is 23.9 Å². The van der Waals surface area contributed by atoms with Crippen LogP contribution in [-0.4, -0.2) is 4.37 Å². The highest BCUT2D eigenvalue weighted by Crippen LogP contribution is 2.24. The minimum absolute atomic E-state index is 0.490. The molecule has 0 radical (unpaired) electrons. The molecule has 0 atom stereocenters. The zero-order valence-corrected chi connectivity index (χ0v) is 7.27. The molecule has 0 spiro atoms. The fourth-order valence-electron chi connectivity index (χ4n) is 1.15. The predicted octanol–water partition coefficient (Wildman–Crippen LogP) is 1.34. The molecule has 4 N–H and O–H groups in total. The molecule has 2 aromatic rings. The highest BCUT2D eigenvalue weighted by molar-refractivity contribution is 7.13. The van der Waals surface area contributed by atoms with E-state index in [9.17, 15) is 0 Å². The lowest BCUT2D eigenvalue weighted by Crippen LogP contribution is -1.96. The van der Waals surface area contributed by atoms with Crippen LogP contribution in [0.2, 0.25) is 0 Å². The summed E-state index contributed by atoms with van der Waals surface area (Å²) in [6.07, 6.45) is 0. The van der Waals surface area contributed by atoms with Gasteiger partial charge in [0.15, 0.2) is 0 Å². The van der Waals surface area contributed by atoms with Crippen LogP contribution in [0.3, 0.4) is 0 Å². The van der Waals surface area contributed by atoms with Gasteiger partial charge in [-0.3, -0.25) is 0 Å². The van der Waals surface area contributed by atoms with Crippen LogP contribution < -0.4 is 11.5 Å². The average Bonchev–Trinajstić information content (AvgIpc) is 2.46. The zero-order chi connectivity index (χ0) is 8.55. The van der Waals surface area contributed by atoms with E-state index in [-0.39, 0.29) is 0 Å². The fourth-order valence-corrected chi connectivity index (χ4v) is 2.01. The highest BCUT2D eigenvalue weighted by atomic mass is 32.1. The first kappa shape index (κ1) is 7.52. The van der Waals surface area contributed by atoms with Crippen molar-refractivity contribution in [3.63, 3.8) is 0 Å². The van der Waals surface area contributed by atoms with Gasteiger partial charge in [0.05, 0.1) is 10.4 Å². The first-order valence-electron chi connectivity index (χ1n) is 3.65. The summed E-state index contributed by atoms with van der Waals surface area (Å²) in [7, 11) is 0. The SMILES string of the molecule is NCc1nsc2cc(N)ccc12. The van der Waals surface area contributed by atoms with Crippen molar-refractivity contribution < 1.29 is 0 Å². The van der Waals surface area contributed by atoms with Gasteiger partial charge in [-0.2, -0.15) is 4.37 Å². The Morgan fingerprint density at radius 1 is 1.42 bits per heavy atom. The quantitative estimate of drug-likeness (QED) is 0.649. The Labute approximate surface area is 74.2 Å². The molecule has 4 heteroatoms. The summed E-state index contributed by atoms with van der Waals surface area (Å²) in [6, 6.07) is 5.76. The lowest BCUT2D eigenvalue weighted by molar-refractivity contribution is 1.04. The second kappa shape index (κ2) is 2.73. The van der Waals surface area contributed by atoms with Crippen molar-refractivity contribution in [1.82, 2.24) is 4.37 Å². The maximum Gasteiger partial charge on any atom is 0.0756 e. The smallest absolute Gasteiger partial charge is 0.0756 e. The number of nitrogen functional groups attached to an aromatic ring is 1. The zero-order valence-electron chi connectivity index (χ0n) is 6.45. The molecule has 0 unspecified atom stereocenters. The molecule has 0 aliphatic carbocycles. The Balaban J connectivity index is 2.73. The molecule has 0 aliphatic rings. The van der Waals surface area contributed by atoms with Gasteiger partial charge >= 0.3 is 0 Å². The van der Waals surface area contributed by atoms with Gasteiger partial charge in [0.25, 0.3) is 0 Å². The minimum atomic E-state index is 0.490. The van der Waals surface area contributed by atoms with Crippen LogP contribution in [0, 0.1) is 0 Å². The maximum absolute atomic E-state index is 5.62. The van der Waals surface area contributed by atoms with E-state index in [1.54, 1.807) is 0 Å². The van der Waals surface area contributed by atoms with E-state index in [0.29, 0.717) is 6.54 Å². The molecular formula is C8H9N3S. The number of hydrogen-bond donors (Lipinski definition) is 2. The van der Waals surface area contributed by atoms with Crippen LogP contribution in [0.1, 0.15) is 5.69 Å². The molecule has 0 fully saturated rings. The van der Waals surface area contributed by atoms with Crippen molar-refractivity contribution in [2.45, 2.75) is 6.54 Å². The van der Waals surface area contributed by atoms with E-state index in [0.717, 1.165) is 21.5 Å². The van der Waals surface area contributed by atoms with Crippen LogP contribution in [0.15, 0.2) is 18.2 Å². The van der Waals surface area contributed by atoms with Crippen molar-refractivity contribution in [1.29, 1.82) is 0 Å². The number of aromatic nitrogens is 1. The van der Waals surface area contributed by atoms with Crippen molar-refractivity contribution in [3.8, 4) is 0 Å². The van der Waals surface area contributed by atoms with Gasteiger partial charge in [0, 0.05) is 17.6 Å². The molecule has 3 nitrogen and oxygen atoms in total. The molecule has 0 bridgehead atoms. The highest BCUT2D eigenvalue weighted by Gasteiger charge is 2.03. The fraction of sp³-hybridized carbons (Fsp3) is 0.125. The number of nitrogens with two attached hydrogens (primary N) is 2. The van der Waals surface area contributed by atoms with Gasteiger partial charge in [0.2, 0.25) is 0 Å². The number of hydrogen-bond acceptors (Lipinski definition) is 4. The standard InChI is InChI=1S/C8H9N3S/c9-4-7-6-2-1-5(10)3-8(6)12-11-7/h1-3H,4,9-10H2. The molecule has 0 saturated heterocycles. The Kier molecular flexibility index (Phi) is 1.71. The van der Waals surface area contributed by atoms with Crippen LogP contribution in [0.25, 0.3) is 10.1 Å². The molecule has 0 amide bonds. The number of rotatable bonds is 1. The van der Waals surface area contributed by atoms with Crippen LogP contribution in [0.4, 0.5) is 5.69 Å². The van der Waals surface area contributed by atoms with E-state index in [1.807, 2.05) is 18.2 Å². The second-order valence-electron chi connectivity index (χ2n) is 2.59. The molecule has 0 aliphatic heterocycles. The number of fused-ring (bicyclic) bond motifs is 1. The van der Waals surface area contributed by atoms with Crippen LogP contribution in [0.5, 0.6) is 0 Å².